The van der Waals surface area contributed by atoms with E-state index in [1.807, 2.05) is 0 Å². The predicted octanol–water partition coefficient (Wildman–Crippen LogP) is 2.90. The van der Waals surface area contributed by atoms with Crippen molar-refractivity contribution in [2.24, 2.45) is 0 Å². The number of carbonyl (C=O) groups excluding carboxylic acids is 1. The summed E-state index contributed by atoms with van der Waals surface area (Å²) in [5.41, 5.74) is 6.33. The van der Waals surface area contributed by atoms with E-state index in [-0.39, 0.29) is 17.2 Å². The maximum Gasteiger partial charge on any atom is 0.343 e. The summed E-state index contributed by atoms with van der Waals surface area (Å²) in [6.45, 7) is 0. The van der Waals surface area contributed by atoms with E-state index in [9.17, 15) is 4.79 Å². The van der Waals surface area contributed by atoms with E-state index in [0.29, 0.717) is 10.7 Å². The Balaban J connectivity index is 2.42. The molecular formula is C13H11ClN2O3. The Kier molecular flexibility index (Phi) is 3.87. The van der Waals surface area contributed by atoms with Crippen LogP contribution >= 0.6 is 11.6 Å². The highest BCUT2D eigenvalue weighted by Gasteiger charge is 2.16. The molecule has 98 valence electrons. The van der Waals surface area contributed by atoms with E-state index in [1.54, 1.807) is 30.3 Å². The van der Waals surface area contributed by atoms with E-state index < -0.39 is 5.97 Å². The second-order valence-electron chi connectivity index (χ2n) is 3.61. The van der Waals surface area contributed by atoms with E-state index in [2.05, 4.69) is 9.72 Å². The van der Waals surface area contributed by atoms with E-state index in [4.69, 9.17) is 22.1 Å². The smallest absolute Gasteiger partial charge is 0.343 e. The Hall–Kier alpha value is -2.27. The zero-order chi connectivity index (χ0) is 13.8. The molecule has 6 heteroatoms. The minimum atomic E-state index is -0.547. The van der Waals surface area contributed by atoms with Crippen molar-refractivity contribution in [1.82, 2.24) is 4.98 Å². The van der Waals surface area contributed by atoms with E-state index >= 15 is 0 Å². The average molecular weight is 279 g/mol. The van der Waals surface area contributed by atoms with Crippen LogP contribution in [0.1, 0.15) is 10.4 Å². The van der Waals surface area contributed by atoms with Crippen molar-refractivity contribution in [3.05, 3.63) is 47.1 Å². The van der Waals surface area contributed by atoms with Gasteiger partial charge in [-0.15, -0.1) is 0 Å². The van der Waals surface area contributed by atoms with Gasteiger partial charge in [-0.05, 0) is 24.3 Å². The fourth-order valence-corrected chi connectivity index (χ4v) is 1.69. The fraction of sp³-hybridized carbons (Fsp3) is 0.0769. The second-order valence-corrected chi connectivity index (χ2v) is 4.02. The number of esters is 1. The number of anilines is 1. The van der Waals surface area contributed by atoms with Gasteiger partial charge in [-0.25, -0.2) is 9.78 Å². The van der Waals surface area contributed by atoms with Gasteiger partial charge in [-0.3, -0.25) is 0 Å². The lowest BCUT2D eigenvalue weighted by Crippen LogP contribution is -2.05. The van der Waals surface area contributed by atoms with Gasteiger partial charge in [0.2, 0.25) is 5.88 Å². The molecule has 1 heterocycles. The first-order valence-electron chi connectivity index (χ1n) is 5.38. The molecule has 0 atom stereocenters. The monoisotopic (exact) mass is 278 g/mol. The van der Waals surface area contributed by atoms with E-state index in [0.717, 1.165) is 0 Å². The van der Waals surface area contributed by atoms with Crippen molar-refractivity contribution in [2.75, 3.05) is 12.8 Å². The molecule has 0 unspecified atom stereocenters. The average Bonchev–Trinajstić information content (AvgIpc) is 2.42. The first-order chi connectivity index (χ1) is 9.13. The summed E-state index contributed by atoms with van der Waals surface area (Å²) in [7, 11) is 1.28. The molecule has 2 N–H and O–H groups in total. The van der Waals surface area contributed by atoms with Gasteiger partial charge in [0.1, 0.15) is 5.56 Å². The number of benzene rings is 1. The summed E-state index contributed by atoms with van der Waals surface area (Å²) in [5, 5.41) is 0.335. The third kappa shape index (κ3) is 2.77. The molecule has 1 aromatic carbocycles. The summed E-state index contributed by atoms with van der Waals surface area (Å²) in [5.74, 6) is -0.198. The summed E-state index contributed by atoms with van der Waals surface area (Å²) in [6, 6.07) is 8.12. The number of aromatic nitrogens is 1. The Bertz CT molecular complexity index is 596. The van der Waals surface area contributed by atoms with Gasteiger partial charge in [-0.2, -0.15) is 0 Å². The minimum absolute atomic E-state index is 0.0918. The van der Waals surface area contributed by atoms with Crippen molar-refractivity contribution in [1.29, 1.82) is 0 Å². The van der Waals surface area contributed by atoms with Crippen LogP contribution in [0.2, 0.25) is 5.02 Å². The molecule has 0 radical (unpaired) electrons. The molecule has 0 spiro atoms. The largest absolute Gasteiger partial charge is 0.465 e. The van der Waals surface area contributed by atoms with Crippen LogP contribution in [-0.4, -0.2) is 18.1 Å². The molecule has 19 heavy (non-hydrogen) atoms. The Morgan fingerprint density at radius 2 is 2.11 bits per heavy atom. The number of pyridine rings is 1. The summed E-state index contributed by atoms with van der Waals surface area (Å²) >= 11 is 6.00. The second kappa shape index (κ2) is 5.58. The number of nitrogen functional groups attached to an aromatic ring is 1. The molecule has 0 saturated carbocycles. The van der Waals surface area contributed by atoms with Gasteiger partial charge in [0.05, 0.1) is 17.8 Å². The Morgan fingerprint density at radius 1 is 1.32 bits per heavy atom. The molecule has 0 amide bonds. The maximum atomic E-state index is 11.6. The van der Waals surface area contributed by atoms with Crippen LogP contribution in [-0.2, 0) is 4.74 Å². The highest BCUT2D eigenvalue weighted by atomic mass is 35.5. The quantitative estimate of drug-likeness (QED) is 0.690. The van der Waals surface area contributed by atoms with Crippen molar-refractivity contribution >= 4 is 23.3 Å². The molecule has 0 bridgehead atoms. The number of hydrogen-bond acceptors (Lipinski definition) is 5. The lowest BCUT2D eigenvalue weighted by atomic mass is 10.2. The van der Waals surface area contributed by atoms with Crippen molar-refractivity contribution in [2.45, 2.75) is 0 Å². The van der Waals surface area contributed by atoms with Gasteiger partial charge in [0, 0.05) is 6.20 Å². The number of nitrogens with two attached hydrogens (primary N) is 1. The maximum absolute atomic E-state index is 11.6. The van der Waals surface area contributed by atoms with Crippen LogP contribution < -0.4 is 10.5 Å². The van der Waals surface area contributed by atoms with Crippen LogP contribution in [0.15, 0.2) is 36.5 Å². The number of hydrogen-bond donors (Lipinski definition) is 1. The third-order valence-corrected chi connectivity index (χ3v) is 2.67. The molecule has 0 aliphatic carbocycles. The predicted molar refractivity (Wildman–Crippen MR) is 71.5 cm³/mol. The molecule has 0 fully saturated rings. The third-order valence-electron chi connectivity index (χ3n) is 2.37. The number of methoxy groups -OCH3 is 1. The first kappa shape index (κ1) is 13.2. The number of para-hydroxylation sites is 1. The minimum Gasteiger partial charge on any atom is -0.465 e. The number of rotatable bonds is 3. The van der Waals surface area contributed by atoms with Gasteiger partial charge in [0.25, 0.3) is 0 Å². The molecule has 2 aromatic rings. The van der Waals surface area contributed by atoms with E-state index in [1.165, 1.54) is 13.3 Å². The number of ether oxygens (including phenoxy) is 2. The van der Waals surface area contributed by atoms with Crippen LogP contribution in [0.3, 0.4) is 0 Å². The van der Waals surface area contributed by atoms with Gasteiger partial charge in [-0.1, -0.05) is 17.7 Å². The lowest BCUT2D eigenvalue weighted by Gasteiger charge is -2.11. The highest BCUT2D eigenvalue weighted by Crippen LogP contribution is 2.35. The molecule has 5 nitrogen and oxygen atoms in total. The van der Waals surface area contributed by atoms with Crippen LogP contribution in [0, 0.1) is 0 Å². The molecular weight excluding hydrogens is 268 g/mol. The topological polar surface area (TPSA) is 74.4 Å². The molecule has 1 aromatic heterocycles. The number of carbonyl (C=O) groups is 1. The van der Waals surface area contributed by atoms with Crippen LogP contribution in [0.5, 0.6) is 11.6 Å². The standard InChI is InChI=1S/C13H11ClN2O3/c1-18-13(17)8-4-3-7-16-12(8)19-11-9(14)5-2-6-10(11)15/h2-7H,15H2,1H3. The van der Waals surface area contributed by atoms with Gasteiger partial charge >= 0.3 is 5.97 Å². The fourth-order valence-electron chi connectivity index (χ4n) is 1.47. The lowest BCUT2D eigenvalue weighted by molar-refractivity contribution is 0.0597. The highest BCUT2D eigenvalue weighted by molar-refractivity contribution is 6.32. The Morgan fingerprint density at radius 3 is 2.79 bits per heavy atom. The molecule has 2 rings (SSSR count). The number of nitrogens with zero attached hydrogens (tertiary/aromatic N) is 1. The molecule has 0 saturated heterocycles. The summed E-state index contributed by atoms with van der Waals surface area (Å²) in [4.78, 5) is 15.6. The SMILES string of the molecule is COC(=O)c1cccnc1Oc1c(N)cccc1Cl. The summed E-state index contributed by atoms with van der Waals surface area (Å²) < 4.78 is 10.2. The van der Waals surface area contributed by atoms with Crippen LogP contribution in [0.4, 0.5) is 5.69 Å². The number of halogens is 1. The van der Waals surface area contributed by atoms with Crippen molar-refractivity contribution in [3.63, 3.8) is 0 Å². The zero-order valence-electron chi connectivity index (χ0n) is 10.1. The van der Waals surface area contributed by atoms with Crippen molar-refractivity contribution in [3.8, 4) is 11.6 Å². The van der Waals surface area contributed by atoms with Gasteiger partial charge in [0.15, 0.2) is 5.75 Å². The van der Waals surface area contributed by atoms with Gasteiger partial charge < -0.3 is 15.2 Å². The molecule has 0 aliphatic heterocycles. The Labute approximate surface area is 114 Å². The molecule has 0 aliphatic rings. The zero-order valence-corrected chi connectivity index (χ0v) is 10.8. The normalized spacial score (nSPS) is 10.0. The first-order valence-corrected chi connectivity index (χ1v) is 5.76. The summed E-state index contributed by atoms with van der Waals surface area (Å²) in [6.07, 6.45) is 1.49. The van der Waals surface area contributed by atoms with Crippen LogP contribution in [0.25, 0.3) is 0 Å². The van der Waals surface area contributed by atoms with Crippen molar-refractivity contribution < 1.29 is 14.3 Å².